The Balaban J connectivity index is 1.74. The average Bonchev–Trinajstić information content (AvgIpc) is 3.12. The molecule has 132 valence electrons. The monoisotopic (exact) mass is 352 g/mol. The van der Waals surface area contributed by atoms with E-state index in [1.54, 1.807) is 55.5 Å². The molecular formula is C20H17FN2O3. The molecule has 2 N–H and O–H groups in total. The highest BCUT2D eigenvalue weighted by Gasteiger charge is 2.14. The molecule has 2 aromatic carbocycles. The van der Waals surface area contributed by atoms with Crippen molar-refractivity contribution in [2.75, 3.05) is 10.6 Å². The van der Waals surface area contributed by atoms with E-state index in [0.717, 1.165) is 0 Å². The number of hydrogen-bond acceptors (Lipinski definition) is 3. The van der Waals surface area contributed by atoms with Crippen LogP contribution in [0.2, 0.25) is 0 Å². The first-order valence-corrected chi connectivity index (χ1v) is 8.13. The van der Waals surface area contributed by atoms with Crippen LogP contribution in [0.5, 0.6) is 0 Å². The van der Waals surface area contributed by atoms with Gasteiger partial charge in [-0.3, -0.25) is 9.59 Å². The van der Waals surface area contributed by atoms with Crippen LogP contribution in [0.25, 0.3) is 11.3 Å². The van der Waals surface area contributed by atoms with Gasteiger partial charge in [0, 0.05) is 17.8 Å². The first-order chi connectivity index (χ1) is 12.6. The van der Waals surface area contributed by atoms with Gasteiger partial charge >= 0.3 is 0 Å². The summed E-state index contributed by atoms with van der Waals surface area (Å²) in [4.78, 5) is 23.8. The van der Waals surface area contributed by atoms with Crippen LogP contribution in [0.1, 0.15) is 23.9 Å². The van der Waals surface area contributed by atoms with E-state index >= 15 is 0 Å². The van der Waals surface area contributed by atoms with Crippen molar-refractivity contribution in [3.63, 3.8) is 0 Å². The number of anilines is 2. The molecule has 26 heavy (non-hydrogen) atoms. The van der Waals surface area contributed by atoms with E-state index in [1.165, 1.54) is 12.1 Å². The minimum atomic E-state index is -0.466. The topological polar surface area (TPSA) is 71.3 Å². The second-order valence-corrected chi connectivity index (χ2v) is 5.58. The molecule has 0 aliphatic rings. The Morgan fingerprint density at radius 1 is 0.962 bits per heavy atom. The SMILES string of the molecule is CCC(=O)Nc1cccc(NC(=O)c2ccc(-c3ccccc3F)o2)c1. The quantitative estimate of drug-likeness (QED) is 0.700. The maximum atomic E-state index is 13.8. The molecular weight excluding hydrogens is 335 g/mol. The van der Waals surface area contributed by atoms with Crippen molar-refractivity contribution in [1.82, 2.24) is 0 Å². The summed E-state index contributed by atoms with van der Waals surface area (Å²) < 4.78 is 19.3. The number of furan rings is 1. The molecule has 0 saturated carbocycles. The molecule has 0 fully saturated rings. The molecule has 3 aromatic rings. The van der Waals surface area contributed by atoms with Crippen molar-refractivity contribution < 1.29 is 18.4 Å². The van der Waals surface area contributed by atoms with Crippen LogP contribution in [0.15, 0.2) is 65.1 Å². The van der Waals surface area contributed by atoms with Crippen molar-refractivity contribution in [2.45, 2.75) is 13.3 Å². The fourth-order valence-corrected chi connectivity index (χ4v) is 2.38. The fourth-order valence-electron chi connectivity index (χ4n) is 2.38. The fraction of sp³-hybridized carbons (Fsp3) is 0.100. The van der Waals surface area contributed by atoms with Gasteiger partial charge < -0.3 is 15.1 Å². The Kier molecular flexibility index (Phi) is 5.12. The minimum Gasteiger partial charge on any atom is -0.451 e. The van der Waals surface area contributed by atoms with Crippen LogP contribution in [0, 0.1) is 5.82 Å². The van der Waals surface area contributed by atoms with Gasteiger partial charge in [-0.1, -0.05) is 25.1 Å². The zero-order valence-corrected chi connectivity index (χ0v) is 14.1. The number of amides is 2. The maximum Gasteiger partial charge on any atom is 0.291 e. The molecule has 2 amide bonds. The lowest BCUT2D eigenvalue weighted by atomic mass is 10.1. The van der Waals surface area contributed by atoms with E-state index in [2.05, 4.69) is 10.6 Å². The first kappa shape index (κ1) is 17.4. The summed E-state index contributed by atoms with van der Waals surface area (Å²) in [5, 5.41) is 5.41. The van der Waals surface area contributed by atoms with Gasteiger partial charge in [0.1, 0.15) is 11.6 Å². The number of rotatable bonds is 5. The summed E-state index contributed by atoms with van der Waals surface area (Å²) >= 11 is 0. The largest absolute Gasteiger partial charge is 0.451 e. The van der Waals surface area contributed by atoms with E-state index in [4.69, 9.17) is 4.42 Å². The molecule has 1 aromatic heterocycles. The van der Waals surface area contributed by atoms with E-state index in [-0.39, 0.29) is 23.0 Å². The number of carbonyl (C=O) groups excluding carboxylic acids is 2. The average molecular weight is 352 g/mol. The molecule has 0 aliphatic heterocycles. The number of benzene rings is 2. The van der Waals surface area contributed by atoms with Gasteiger partial charge in [-0.25, -0.2) is 4.39 Å². The first-order valence-electron chi connectivity index (χ1n) is 8.13. The lowest BCUT2D eigenvalue weighted by Crippen LogP contribution is -2.12. The van der Waals surface area contributed by atoms with Crippen molar-refractivity contribution in [3.05, 3.63) is 72.2 Å². The summed E-state index contributed by atoms with van der Waals surface area (Å²) in [6.07, 6.45) is 0.363. The molecule has 0 spiro atoms. The van der Waals surface area contributed by atoms with Crippen molar-refractivity contribution in [3.8, 4) is 11.3 Å². The molecule has 3 rings (SSSR count). The van der Waals surface area contributed by atoms with Crippen LogP contribution in [0.4, 0.5) is 15.8 Å². The third-order valence-electron chi connectivity index (χ3n) is 3.69. The maximum absolute atomic E-state index is 13.8. The van der Waals surface area contributed by atoms with Crippen LogP contribution >= 0.6 is 0 Å². The Bertz CT molecular complexity index is 949. The van der Waals surface area contributed by atoms with Crippen molar-refractivity contribution in [2.24, 2.45) is 0 Å². The van der Waals surface area contributed by atoms with Crippen LogP contribution in [-0.4, -0.2) is 11.8 Å². The summed E-state index contributed by atoms with van der Waals surface area (Å²) in [6.45, 7) is 1.75. The normalized spacial score (nSPS) is 10.4. The molecule has 0 atom stereocenters. The minimum absolute atomic E-state index is 0.0613. The van der Waals surface area contributed by atoms with Gasteiger partial charge in [0.05, 0.1) is 5.56 Å². The van der Waals surface area contributed by atoms with E-state index in [0.29, 0.717) is 17.8 Å². The molecule has 1 heterocycles. The van der Waals surface area contributed by atoms with Gasteiger partial charge in [0.25, 0.3) is 5.91 Å². The number of carbonyl (C=O) groups is 2. The summed E-state index contributed by atoms with van der Waals surface area (Å²) in [5.74, 6) is -0.669. The van der Waals surface area contributed by atoms with Gasteiger partial charge in [-0.2, -0.15) is 0 Å². The van der Waals surface area contributed by atoms with Gasteiger partial charge in [0.2, 0.25) is 5.91 Å². The smallest absolute Gasteiger partial charge is 0.291 e. The molecule has 0 unspecified atom stereocenters. The van der Waals surface area contributed by atoms with Gasteiger partial charge in [-0.05, 0) is 42.5 Å². The predicted molar refractivity (Wildman–Crippen MR) is 97.4 cm³/mol. The molecule has 5 nitrogen and oxygen atoms in total. The second-order valence-electron chi connectivity index (χ2n) is 5.58. The van der Waals surface area contributed by atoms with E-state index in [9.17, 15) is 14.0 Å². The highest BCUT2D eigenvalue weighted by atomic mass is 19.1. The lowest BCUT2D eigenvalue weighted by Gasteiger charge is -2.07. The number of hydrogen-bond donors (Lipinski definition) is 2. The Hall–Kier alpha value is -3.41. The van der Waals surface area contributed by atoms with Gasteiger partial charge in [0.15, 0.2) is 5.76 Å². The zero-order chi connectivity index (χ0) is 18.5. The lowest BCUT2D eigenvalue weighted by molar-refractivity contribution is -0.115. The van der Waals surface area contributed by atoms with Crippen LogP contribution in [-0.2, 0) is 4.79 Å². The highest BCUT2D eigenvalue weighted by Crippen LogP contribution is 2.25. The van der Waals surface area contributed by atoms with Crippen molar-refractivity contribution >= 4 is 23.2 Å². The summed E-state index contributed by atoms with van der Waals surface area (Å²) in [7, 11) is 0. The van der Waals surface area contributed by atoms with Crippen molar-refractivity contribution in [1.29, 1.82) is 0 Å². The second kappa shape index (κ2) is 7.65. The highest BCUT2D eigenvalue weighted by molar-refractivity contribution is 6.03. The Morgan fingerprint density at radius 3 is 2.42 bits per heavy atom. The molecule has 0 radical (unpaired) electrons. The Labute approximate surface area is 149 Å². The summed E-state index contributed by atoms with van der Waals surface area (Å²) in [6, 6.07) is 16.0. The standard InChI is InChI=1S/C20H17FN2O3/c1-2-19(24)22-13-6-5-7-14(12-13)23-20(25)18-11-10-17(26-18)15-8-3-4-9-16(15)21/h3-12H,2H2,1H3,(H,22,24)(H,23,25). The molecule has 6 heteroatoms. The van der Waals surface area contributed by atoms with Crippen LogP contribution in [0.3, 0.4) is 0 Å². The van der Waals surface area contributed by atoms with Crippen LogP contribution < -0.4 is 10.6 Å². The predicted octanol–water partition coefficient (Wildman–Crippen LogP) is 4.69. The van der Waals surface area contributed by atoms with E-state index in [1.807, 2.05) is 0 Å². The molecule has 0 aliphatic carbocycles. The van der Waals surface area contributed by atoms with Gasteiger partial charge in [-0.15, -0.1) is 0 Å². The third-order valence-corrected chi connectivity index (χ3v) is 3.69. The number of halogens is 1. The zero-order valence-electron chi connectivity index (χ0n) is 14.1. The number of nitrogens with one attached hydrogen (secondary N) is 2. The summed E-state index contributed by atoms with van der Waals surface area (Å²) in [5.41, 5.74) is 1.38. The molecule has 0 bridgehead atoms. The molecule has 0 saturated heterocycles. The Morgan fingerprint density at radius 2 is 1.69 bits per heavy atom. The third kappa shape index (κ3) is 3.97. The van der Waals surface area contributed by atoms with E-state index < -0.39 is 11.7 Å².